The van der Waals surface area contributed by atoms with Crippen LogP contribution in [-0.2, 0) is 6.54 Å². The van der Waals surface area contributed by atoms with Crippen LogP contribution in [0.3, 0.4) is 0 Å². The van der Waals surface area contributed by atoms with Crippen LogP contribution in [0.5, 0.6) is 0 Å². The molecule has 0 spiro atoms. The van der Waals surface area contributed by atoms with Gasteiger partial charge in [0.25, 0.3) is 0 Å². The van der Waals surface area contributed by atoms with Gasteiger partial charge in [-0.3, -0.25) is 14.7 Å². The average Bonchev–Trinajstić information content (AvgIpc) is 2.73. The van der Waals surface area contributed by atoms with Crippen LogP contribution in [0.15, 0.2) is 60.7 Å². The highest BCUT2D eigenvalue weighted by Crippen LogP contribution is 2.39. The van der Waals surface area contributed by atoms with Crippen molar-refractivity contribution in [3.8, 4) is 0 Å². The number of hydrogen-bond acceptors (Lipinski definition) is 3. The van der Waals surface area contributed by atoms with Crippen molar-refractivity contribution in [2.24, 2.45) is 5.92 Å². The van der Waals surface area contributed by atoms with Gasteiger partial charge in [0, 0.05) is 41.2 Å². The number of rotatable bonds is 4. The minimum atomic E-state index is 0.146. The molecular weight excluding hydrogens is 356 g/mol. The molecule has 2 bridgehead atoms. The van der Waals surface area contributed by atoms with Gasteiger partial charge in [-0.1, -0.05) is 42.8 Å². The Hall–Kier alpha value is -2.52. The molecule has 2 aliphatic rings. The minimum Gasteiger partial charge on any atom is -0.294 e. The first-order chi connectivity index (χ1) is 14.2. The number of carbonyl (C=O) groups is 1. The summed E-state index contributed by atoms with van der Waals surface area (Å²) in [6.45, 7) is 3.01. The summed E-state index contributed by atoms with van der Waals surface area (Å²) in [5.41, 5.74) is 4.21. The summed E-state index contributed by atoms with van der Waals surface area (Å²) in [5, 5.41) is 1.06. The second kappa shape index (κ2) is 7.72. The van der Waals surface area contributed by atoms with Crippen molar-refractivity contribution in [2.75, 3.05) is 0 Å². The van der Waals surface area contributed by atoms with E-state index in [1.54, 1.807) is 0 Å². The molecule has 2 unspecified atom stereocenters. The number of carbonyl (C=O) groups excluding carboxylic acids is 1. The largest absolute Gasteiger partial charge is 0.294 e. The summed E-state index contributed by atoms with van der Waals surface area (Å²) < 4.78 is 0. The second-order valence-corrected chi connectivity index (χ2v) is 8.79. The van der Waals surface area contributed by atoms with Crippen molar-refractivity contribution in [1.82, 2.24) is 9.88 Å². The van der Waals surface area contributed by atoms with Gasteiger partial charge in [-0.15, -0.1) is 0 Å². The van der Waals surface area contributed by atoms with E-state index in [9.17, 15) is 4.79 Å². The molecule has 2 aromatic carbocycles. The molecule has 148 valence electrons. The van der Waals surface area contributed by atoms with E-state index in [2.05, 4.69) is 46.3 Å². The number of ketones is 1. The zero-order chi connectivity index (χ0) is 19.8. The molecule has 0 aliphatic carbocycles. The third-order valence-corrected chi connectivity index (χ3v) is 6.82. The first-order valence-electron chi connectivity index (χ1n) is 10.9. The van der Waals surface area contributed by atoms with Crippen molar-refractivity contribution in [3.05, 3.63) is 77.5 Å². The number of fused-ring (bicyclic) bond motifs is 3. The number of Topliss-reactive ketones (excluding diaryl/α,β-unsaturated/α-hetero) is 1. The maximum absolute atomic E-state index is 13.4. The number of benzene rings is 2. The molecule has 2 saturated heterocycles. The highest BCUT2D eigenvalue weighted by atomic mass is 16.1. The second-order valence-electron chi connectivity index (χ2n) is 8.79. The predicted octanol–water partition coefficient (Wildman–Crippen LogP) is 5.56. The van der Waals surface area contributed by atoms with Crippen molar-refractivity contribution < 1.29 is 4.79 Å². The third kappa shape index (κ3) is 3.72. The number of aromatic nitrogens is 1. The van der Waals surface area contributed by atoms with Gasteiger partial charge in [-0.2, -0.15) is 0 Å². The predicted molar refractivity (Wildman–Crippen MR) is 117 cm³/mol. The van der Waals surface area contributed by atoms with Crippen LogP contribution >= 0.6 is 0 Å². The van der Waals surface area contributed by atoms with Crippen molar-refractivity contribution in [2.45, 2.75) is 57.7 Å². The highest BCUT2D eigenvalue weighted by Gasteiger charge is 2.40. The van der Waals surface area contributed by atoms with Gasteiger partial charge in [-0.05, 0) is 62.4 Å². The summed E-state index contributed by atoms with van der Waals surface area (Å²) in [6.07, 6.45) is 5.71. The Morgan fingerprint density at radius 2 is 1.76 bits per heavy atom. The lowest BCUT2D eigenvalue weighted by Crippen LogP contribution is -2.52. The SMILES string of the molecule is Cc1ccc2cc(C(=O)C3CC4CCCC(C3)N4Cc3ccccc3)ccc2n1. The first kappa shape index (κ1) is 18.5. The third-order valence-electron chi connectivity index (χ3n) is 6.82. The smallest absolute Gasteiger partial charge is 0.166 e. The van der Waals surface area contributed by atoms with Crippen LogP contribution in [0.1, 0.15) is 53.7 Å². The zero-order valence-electron chi connectivity index (χ0n) is 17.1. The summed E-state index contributed by atoms with van der Waals surface area (Å²) in [6, 6.07) is 21.9. The molecule has 29 heavy (non-hydrogen) atoms. The van der Waals surface area contributed by atoms with Gasteiger partial charge in [0.15, 0.2) is 5.78 Å². The lowest BCUT2D eigenvalue weighted by atomic mass is 9.75. The summed E-state index contributed by atoms with van der Waals surface area (Å²) in [4.78, 5) is 20.6. The van der Waals surface area contributed by atoms with E-state index >= 15 is 0 Å². The van der Waals surface area contributed by atoms with Gasteiger partial charge >= 0.3 is 0 Å². The quantitative estimate of drug-likeness (QED) is 0.552. The van der Waals surface area contributed by atoms with Crippen molar-refractivity contribution >= 4 is 16.7 Å². The van der Waals surface area contributed by atoms with Crippen molar-refractivity contribution in [3.63, 3.8) is 0 Å². The van der Waals surface area contributed by atoms with Crippen LogP contribution in [0, 0.1) is 12.8 Å². The van der Waals surface area contributed by atoms with Gasteiger partial charge in [0.1, 0.15) is 0 Å². The van der Waals surface area contributed by atoms with E-state index < -0.39 is 0 Å². The number of pyridine rings is 1. The van der Waals surface area contributed by atoms with E-state index in [1.807, 2.05) is 31.2 Å². The lowest BCUT2D eigenvalue weighted by Gasteiger charge is -2.48. The molecule has 3 heterocycles. The molecule has 0 amide bonds. The van der Waals surface area contributed by atoms with E-state index in [-0.39, 0.29) is 5.92 Å². The van der Waals surface area contributed by atoms with Gasteiger partial charge in [0.2, 0.25) is 0 Å². The molecule has 3 nitrogen and oxygen atoms in total. The fraction of sp³-hybridized carbons (Fsp3) is 0.385. The first-order valence-corrected chi connectivity index (χ1v) is 10.9. The van der Waals surface area contributed by atoms with E-state index in [4.69, 9.17) is 0 Å². The summed E-state index contributed by atoms with van der Waals surface area (Å²) in [7, 11) is 0. The summed E-state index contributed by atoms with van der Waals surface area (Å²) in [5.74, 6) is 0.469. The Balaban J connectivity index is 1.35. The maximum Gasteiger partial charge on any atom is 0.166 e. The van der Waals surface area contributed by atoms with Crippen molar-refractivity contribution in [1.29, 1.82) is 0 Å². The molecule has 5 rings (SSSR count). The van der Waals surface area contributed by atoms with E-state index in [0.29, 0.717) is 17.9 Å². The maximum atomic E-state index is 13.4. The van der Waals surface area contributed by atoms with E-state index in [1.165, 1.54) is 24.8 Å². The minimum absolute atomic E-state index is 0.146. The Morgan fingerprint density at radius 3 is 2.52 bits per heavy atom. The number of piperidine rings is 2. The molecule has 2 aliphatic heterocycles. The molecule has 0 radical (unpaired) electrons. The zero-order valence-corrected chi connectivity index (χ0v) is 17.1. The fourth-order valence-corrected chi connectivity index (χ4v) is 5.36. The van der Waals surface area contributed by atoms with E-state index in [0.717, 1.165) is 41.5 Å². The topological polar surface area (TPSA) is 33.2 Å². The molecular formula is C26H28N2O. The molecule has 3 aromatic rings. The number of hydrogen-bond donors (Lipinski definition) is 0. The molecule has 0 N–H and O–H groups in total. The van der Waals surface area contributed by atoms with Crippen LogP contribution in [0.4, 0.5) is 0 Å². The number of aryl methyl sites for hydroxylation is 1. The Kier molecular flexibility index (Phi) is 4.92. The standard InChI is InChI=1S/C26H28N2O/c1-18-10-11-20-14-21(12-13-25(20)27-18)26(29)22-15-23-8-5-9-24(16-22)28(23)17-19-6-3-2-4-7-19/h2-4,6-7,10-14,22-24H,5,8-9,15-17H2,1H3. The van der Waals surface area contributed by atoms with Crippen LogP contribution in [-0.4, -0.2) is 27.8 Å². The summed E-state index contributed by atoms with van der Waals surface area (Å²) >= 11 is 0. The fourth-order valence-electron chi connectivity index (χ4n) is 5.36. The molecule has 0 saturated carbocycles. The normalized spacial score (nSPS) is 24.5. The average molecular weight is 385 g/mol. The Labute approximate surface area is 172 Å². The monoisotopic (exact) mass is 384 g/mol. The van der Waals surface area contributed by atoms with Crippen LogP contribution < -0.4 is 0 Å². The van der Waals surface area contributed by atoms with Crippen LogP contribution in [0.2, 0.25) is 0 Å². The van der Waals surface area contributed by atoms with Gasteiger partial charge < -0.3 is 0 Å². The highest BCUT2D eigenvalue weighted by molar-refractivity contribution is 6.01. The van der Waals surface area contributed by atoms with Gasteiger partial charge in [0.05, 0.1) is 5.52 Å². The molecule has 2 atom stereocenters. The molecule has 3 heteroatoms. The molecule has 2 fully saturated rings. The number of nitrogens with zero attached hydrogens (tertiary/aromatic N) is 2. The Morgan fingerprint density at radius 1 is 1.00 bits per heavy atom. The molecule has 1 aromatic heterocycles. The Bertz CT molecular complexity index is 1020. The van der Waals surface area contributed by atoms with Gasteiger partial charge in [-0.25, -0.2) is 0 Å². The van der Waals surface area contributed by atoms with Crippen LogP contribution in [0.25, 0.3) is 10.9 Å². The lowest BCUT2D eigenvalue weighted by molar-refractivity contribution is 0.00907.